The Labute approximate surface area is 293 Å². The third kappa shape index (κ3) is 13.5. The molecule has 0 saturated carbocycles. The van der Waals surface area contributed by atoms with Crippen LogP contribution in [-0.4, -0.2) is 132 Å². The zero-order valence-corrected chi connectivity index (χ0v) is 29.6. The molecule has 0 bridgehead atoms. The van der Waals surface area contributed by atoms with E-state index in [0.717, 1.165) is 37.6 Å². The van der Waals surface area contributed by atoms with Crippen LogP contribution in [0.4, 0.5) is 11.4 Å². The first-order chi connectivity index (χ1) is 24.4. The number of benzene rings is 3. The third-order valence-corrected chi connectivity index (χ3v) is 10.7. The van der Waals surface area contributed by atoms with Crippen molar-refractivity contribution in [2.75, 3.05) is 142 Å². The van der Waals surface area contributed by atoms with Gasteiger partial charge in [0.1, 0.15) is 0 Å². The highest BCUT2D eigenvalue weighted by Crippen LogP contribution is 2.34. The molecule has 2 saturated heterocycles. The van der Waals surface area contributed by atoms with Crippen LogP contribution in [0.15, 0.2) is 78.9 Å². The molecule has 0 amide bonds. The Morgan fingerprint density at radius 3 is 0.878 bits per heavy atom. The lowest BCUT2D eigenvalue weighted by Gasteiger charge is -2.27. The van der Waals surface area contributed by atoms with Gasteiger partial charge in [-0.05, 0) is 48.1 Å². The summed E-state index contributed by atoms with van der Waals surface area (Å²) in [6.07, 6.45) is 0. The molecule has 2 aliphatic rings. The van der Waals surface area contributed by atoms with Gasteiger partial charge in [0.05, 0.1) is 106 Å². The number of anilines is 2. The molecule has 0 unspecified atom stereocenters. The molecule has 0 N–H and O–H groups in total. The molecular weight excluding hydrogens is 643 g/mol. The van der Waals surface area contributed by atoms with Gasteiger partial charge in [0, 0.05) is 37.6 Å². The number of hydrogen-bond acceptors (Lipinski definition) is 10. The van der Waals surface area contributed by atoms with Gasteiger partial charge in [0.2, 0.25) is 0 Å². The summed E-state index contributed by atoms with van der Waals surface area (Å²) >= 11 is 0. The second kappa shape index (κ2) is 23.0. The molecule has 0 spiro atoms. The van der Waals surface area contributed by atoms with Gasteiger partial charge in [0.15, 0.2) is 0 Å². The first-order valence-corrected chi connectivity index (χ1v) is 18.9. The van der Waals surface area contributed by atoms with Gasteiger partial charge < -0.3 is 47.7 Å². The van der Waals surface area contributed by atoms with Crippen molar-refractivity contribution >= 4 is 35.2 Å². The maximum Gasteiger partial charge on any atom is 0.0701 e. The van der Waals surface area contributed by atoms with Crippen molar-refractivity contribution in [1.29, 1.82) is 0 Å². The summed E-state index contributed by atoms with van der Waals surface area (Å²) in [5, 5.41) is 3.93. The van der Waals surface area contributed by atoms with E-state index in [2.05, 4.69) is 88.7 Å². The van der Waals surface area contributed by atoms with E-state index in [1.54, 1.807) is 0 Å². The van der Waals surface area contributed by atoms with Crippen molar-refractivity contribution in [3.63, 3.8) is 0 Å². The van der Waals surface area contributed by atoms with E-state index in [-0.39, 0.29) is 0 Å². The van der Waals surface area contributed by atoms with Crippen LogP contribution < -0.4 is 25.7 Å². The van der Waals surface area contributed by atoms with Gasteiger partial charge in [-0.1, -0.05) is 54.6 Å². The summed E-state index contributed by atoms with van der Waals surface area (Å²) < 4.78 is 45.8. The van der Waals surface area contributed by atoms with E-state index in [0.29, 0.717) is 106 Å². The summed E-state index contributed by atoms with van der Waals surface area (Å²) in [7, 11) is -0.761. The minimum Gasteiger partial charge on any atom is -0.377 e. The Morgan fingerprint density at radius 1 is 0.306 bits per heavy atom. The molecular formula is C38H53N2O8P. The molecule has 49 heavy (non-hydrogen) atoms. The van der Waals surface area contributed by atoms with Crippen molar-refractivity contribution in [2.24, 2.45) is 0 Å². The molecule has 10 nitrogen and oxygen atoms in total. The molecule has 2 heterocycles. The predicted octanol–water partition coefficient (Wildman–Crippen LogP) is 3.22. The SMILES string of the molecule is c1ccc(P(c2ccc(N3CCOCCOCCOCCOCC3)cc2)c2ccc(N3CCOCCOCCOCCOCC3)cc2)cc1. The van der Waals surface area contributed by atoms with Crippen molar-refractivity contribution in [2.45, 2.75) is 0 Å². The maximum atomic E-state index is 5.87. The maximum absolute atomic E-state index is 5.87. The average molecular weight is 697 g/mol. The van der Waals surface area contributed by atoms with Gasteiger partial charge in [-0.15, -0.1) is 0 Å². The van der Waals surface area contributed by atoms with Crippen LogP contribution >= 0.6 is 7.92 Å². The first kappa shape index (κ1) is 37.6. The molecule has 0 aromatic heterocycles. The van der Waals surface area contributed by atoms with Gasteiger partial charge in [-0.25, -0.2) is 0 Å². The van der Waals surface area contributed by atoms with Crippen LogP contribution in [0.3, 0.4) is 0 Å². The number of rotatable bonds is 5. The largest absolute Gasteiger partial charge is 0.377 e. The summed E-state index contributed by atoms with van der Waals surface area (Å²) in [6, 6.07) is 28.9. The normalized spacial score (nSPS) is 19.7. The average Bonchev–Trinajstić information content (AvgIpc) is 3.16. The summed E-state index contributed by atoms with van der Waals surface area (Å²) in [4.78, 5) is 4.67. The molecule has 3 aromatic rings. The standard InChI is InChI=1S/C38H53N2O8P/c1-2-4-36(5-3-1)49(37-10-6-34(7-11-37)39-14-18-41-22-26-45-30-31-46-27-23-42-19-15-39)38-12-8-35(9-13-38)40-16-20-43-24-28-47-32-33-48-29-25-44-21-17-40/h1-13H,14-33H2. The third-order valence-electron chi connectivity index (χ3n) is 8.21. The van der Waals surface area contributed by atoms with Gasteiger partial charge in [0.25, 0.3) is 0 Å². The second-order valence-corrected chi connectivity index (χ2v) is 13.8. The number of ether oxygens (including phenoxy) is 8. The quantitative estimate of drug-likeness (QED) is 0.372. The van der Waals surface area contributed by atoms with Crippen molar-refractivity contribution in [3.8, 4) is 0 Å². The van der Waals surface area contributed by atoms with Crippen LogP contribution in [0.2, 0.25) is 0 Å². The smallest absolute Gasteiger partial charge is 0.0701 e. The fraction of sp³-hybridized carbons (Fsp3) is 0.526. The fourth-order valence-electron chi connectivity index (χ4n) is 5.61. The van der Waals surface area contributed by atoms with Crippen LogP contribution in [-0.2, 0) is 37.9 Å². The minimum atomic E-state index is -0.761. The Hall–Kier alpha value is -2.63. The van der Waals surface area contributed by atoms with Crippen LogP contribution in [0.5, 0.6) is 0 Å². The highest BCUT2D eigenvalue weighted by Gasteiger charge is 2.18. The van der Waals surface area contributed by atoms with Crippen molar-refractivity contribution in [1.82, 2.24) is 0 Å². The van der Waals surface area contributed by atoms with Crippen LogP contribution in [0.1, 0.15) is 0 Å². The van der Waals surface area contributed by atoms with E-state index in [1.165, 1.54) is 15.9 Å². The Morgan fingerprint density at radius 2 is 0.571 bits per heavy atom. The Kier molecular flexibility index (Phi) is 17.6. The van der Waals surface area contributed by atoms with Crippen molar-refractivity contribution in [3.05, 3.63) is 78.9 Å². The molecule has 2 fully saturated rings. The molecule has 0 aliphatic carbocycles. The molecule has 3 aromatic carbocycles. The van der Waals surface area contributed by atoms with Crippen LogP contribution in [0, 0.1) is 0 Å². The van der Waals surface area contributed by atoms with Gasteiger partial charge in [-0.2, -0.15) is 0 Å². The summed E-state index contributed by atoms with van der Waals surface area (Å²) in [6.45, 7) is 12.5. The topological polar surface area (TPSA) is 80.3 Å². The molecule has 11 heteroatoms. The highest BCUT2D eigenvalue weighted by molar-refractivity contribution is 7.79. The molecule has 268 valence electrons. The van der Waals surface area contributed by atoms with E-state index in [4.69, 9.17) is 37.9 Å². The van der Waals surface area contributed by atoms with E-state index < -0.39 is 7.92 Å². The number of hydrogen-bond donors (Lipinski definition) is 0. The van der Waals surface area contributed by atoms with Gasteiger partial charge in [-0.3, -0.25) is 0 Å². The zero-order valence-electron chi connectivity index (χ0n) is 28.8. The second-order valence-electron chi connectivity index (χ2n) is 11.6. The summed E-state index contributed by atoms with van der Waals surface area (Å²) in [5.41, 5.74) is 2.32. The van der Waals surface area contributed by atoms with Crippen LogP contribution in [0.25, 0.3) is 0 Å². The molecule has 0 radical (unpaired) electrons. The van der Waals surface area contributed by atoms with Crippen molar-refractivity contribution < 1.29 is 37.9 Å². The van der Waals surface area contributed by atoms with E-state index in [9.17, 15) is 0 Å². The Bertz CT molecular complexity index is 1160. The lowest BCUT2D eigenvalue weighted by Crippen LogP contribution is -2.32. The van der Waals surface area contributed by atoms with E-state index >= 15 is 0 Å². The first-order valence-electron chi connectivity index (χ1n) is 17.6. The molecule has 5 rings (SSSR count). The van der Waals surface area contributed by atoms with Gasteiger partial charge >= 0.3 is 0 Å². The lowest BCUT2D eigenvalue weighted by molar-refractivity contribution is 0.00206. The van der Waals surface area contributed by atoms with E-state index in [1.807, 2.05) is 0 Å². The lowest BCUT2D eigenvalue weighted by atomic mass is 10.3. The summed E-state index contributed by atoms with van der Waals surface area (Å²) in [5.74, 6) is 0. The monoisotopic (exact) mass is 696 g/mol. The minimum absolute atomic E-state index is 0.575. The zero-order chi connectivity index (χ0) is 33.6. The molecule has 0 atom stereocenters. The molecule has 2 aliphatic heterocycles. The number of nitrogens with zero attached hydrogens (tertiary/aromatic N) is 2. The fourth-order valence-corrected chi connectivity index (χ4v) is 7.87. The highest BCUT2D eigenvalue weighted by atomic mass is 31.1. The Balaban J connectivity index is 1.28. The predicted molar refractivity (Wildman–Crippen MR) is 196 cm³/mol.